The molecule has 0 aliphatic carbocycles. The zero-order chi connectivity index (χ0) is 26.6. The molecule has 0 N–H and O–H groups in total. The Kier molecular flexibility index (Phi) is 5.16. The van der Waals surface area contributed by atoms with Crippen LogP contribution in [-0.2, 0) is 0 Å². The van der Waals surface area contributed by atoms with Gasteiger partial charge in [0.2, 0.25) is 0 Å². The number of fused-ring (bicyclic) bond motifs is 5. The molecule has 0 fully saturated rings. The van der Waals surface area contributed by atoms with Gasteiger partial charge < -0.3 is 4.57 Å². The molecule has 0 saturated heterocycles. The molecule has 0 saturated carbocycles. The maximum absolute atomic E-state index is 9.14. The minimum Gasteiger partial charge on any atom is -0.307 e. The van der Waals surface area contributed by atoms with Gasteiger partial charge in [-0.15, -0.1) is 0 Å². The molecule has 186 valence electrons. The third-order valence-electron chi connectivity index (χ3n) is 7.82. The fourth-order valence-corrected chi connectivity index (χ4v) is 6.98. The largest absolute Gasteiger partial charge is 0.307 e. The van der Waals surface area contributed by atoms with Crippen LogP contribution in [0.25, 0.3) is 60.9 Å². The van der Waals surface area contributed by atoms with Gasteiger partial charge in [-0.1, -0.05) is 90.6 Å². The Morgan fingerprint density at radius 3 is 1.82 bits per heavy atom. The first-order valence-electron chi connectivity index (χ1n) is 13.3. The van der Waals surface area contributed by atoms with E-state index in [-0.39, 0.29) is 0 Å². The molecule has 2 heterocycles. The number of para-hydroxylation sites is 2. The molecule has 0 unspecified atom stereocenters. The summed E-state index contributed by atoms with van der Waals surface area (Å²) in [5, 5.41) is 11.7. The third-order valence-corrected chi connectivity index (χ3v) is 8.93. The summed E-state index contributed by atoms with van der Waals surface area (Å²) in [6.07, 6.45) is 0. The summed E-state index contributed by atoms with van der Waals surface area (Å²) >= 11 is 1.86. The highest BCUT2D eigenvalue weighted by molar-refractivity contribution is 7.99. The number of hydrogen-bond donors (Lipinski definition) is 0. The lowest BCUT2D eigenvalue weighted by Gasteiger charge is -2.19. The van der Waals surface area contributed by atoms with E-state index < -0.39 is 0 Å². The molecular weight excluding hydrogens is 504 g/mol. The van der Waals surface area contributed by atoms with E-state index in [4.69, 9.17) is 5.26 Å². The molecule has 1 aromatic heterocycles. The van der Waals surface area contributed by atoms with Crippen molar-refractivity contribution in [3.63, 3.8) is 0 Å². The summed E-state index contributed by atoms with van der Waals surface area (Å²) in [5.41, 5.74) is 11.5. The van der Waals surface area contributed by atoms with Gasteiger partial charge in [0.25, 0.3) is 0 Å². The van der Waals surface area contributed by atoms with Crippen LogP contribution in [0.3, 0.4) is 0 Å². The van der Waals surface area contributed by atoms with Crippen LogP contribution in [0.1, 0.15) is 5.56 Å². The van der Waals surface area contributed by atoms with Crippen molar-refractivity contribution in [2.24, 2.45) is 0 Å². The Bertz CT molecular complexity index is 2150. The number of nitrogens with zero attached hydrogens (tertiary/aromatic N) is 2. The Hall–Kier alpha value is -5.04. The molecule has 1 aliphatic rings. The van der Waals surface area contributed by atoms with E-state index >= 15 is 0 Å². The average Bonchev–Trinajstić information content (AvgIpc) is 3.36. The fraction of sp³-hybridized carbons (Fsp3) is 0. The van der Waals surface area contributed by atoms with Crippen molar-refractivity contribution >= 4 is 33.6 Å². The van der Waals surface area contributed by atoms with Crippen molar-refractivity contribution in [3.05, 3.63) is 139 Å². The number of rotatable bonds is 3. The molecule has 0 spiro atoms. The first-order valence-corrected chi connectivity index (χ1v) is 14.1. The second kappa shape index (κ2) is 9.02. The predicted octanol–water partition coefficient (Wildman–Crippen LogP) is 10.1. The summed E-state index contributed by atoms with van der Waals surface area (Å²) in [6.45, 7) is 0. The minimum atomic E-state index is 0.675. The Labute approximate surface area is 236 Å². The summed E-state index contributed by atoms with van der Waals surface area (Å²) in [5.74, 6) is 0. The summed E-state index contributed by atoms with van der Waals surface area (Å²) < 4.78 is 2.43. The minimum absolute atomic E-state index is 0.675. The van der Waals surface area contributed by atoms with Crippen LogP contribution in [0, 0.1) is 11.3 Å². The van der Waals surface area contributed by atoms with Gasteiger partial charge in [-0.05, 0) is 88.0 Å². The van der Waals surface area contributed by atoms with E-state index in [0.717, 1.165) is 11.1 Å². The number of benzene rings is 6. The first-order chi connectivity index (χ1) is 19.8. The molecule has 7 aromatic rings. The van der Waals surface area contributed by atoms with Crippen molar-refractivity contribution < 1.29 is 0 Å². The van der Waals surface area contributed by atoms with Crippen LogP contribution >= 0.6 is 11.8 Å². The average molecular weight is 527 g/mol. The predicted molar refractivity (Wildman–Crippen MR) is 166 cm³/mol. The molecular formula is C37H22N2S. The Morgan fingerprint density at radius 2 is 1.10 bits per heavy atom. The molecule has 1 aliphatic heterocycles. The number of hydrogen-bond acceptors (Lipinski definition) is 2. The van der Waals surface area contributed by atoms with Crippen LogP contribution in [0.15, 0.2) is 143 Å². The lowest BCUT2D eigenvalue weighted by atomic mass is 9.95. The van der Waals surface area contributed by atoms with Crippen LogP contribution in [-0.4, -0.2) is 4.57 Å². The molecule has 6 aromatic carbocycles. The van der Waals surface area contributed by atoms with Crippen molar-refractivity contribution in [3.8, 4) is 45.1 Å². The van der Waals surface area contributed by atoms with Crippen LogP contribution in [0.4, 0.5) is 0 Å². The van der Waals surface area contributed by atoms with Gasteiger partial charge in [-0.2, -0.15) is 5.26 Å². The standard InChI is InChI=1S/C37H22N2S/c38-23-24-14-16-25(17-15-24)26-6-3-7-27(20-26)28-8-4-9-29(21-28)30-18-19-33-32(22-30)31-10-5-13-36-37(31)39(33)34-11-1-2-12-35(34)40-36/h1-22H. The second-order valence-electron chi connectivity index (χ2n) is 10.1. The van der Waals surface area contributed by atoms with Crippen molar-refractivity contribution in [1.82, 2.24) is 4.57 Å². The van der Waals surface area contributed by atoms with Crippen LogP contribution in [0.5, 0.6) is 0 Å². The van der Waals surface area contributed by atoms with E-state index in [2.05, 4.69) is 120 Å². The highest BCUT2D eigenvalue weighted by atomic mass is 32.2. The number of aromatic nitrogens is 1. The van der Waals surface area contributed by atoms with E-state index in [1.807, 2.05) is 36.0 Å². The van der Waals surface area contributed by atoms with Gasteiger partial charge in [0.05, 0.1) is 28.4 Å². The summed E-state index contributed by atoms with van der Waals surface area (Å²) in [4.78, 5) is 2.60. The molecule has 2 nitrogen and oxygen atoms in total. The molecule has 0 bridgehead atoms. The third kappa shape index (κ3) is 3.58. The van der Waals surface area contributed by atoms with E-state index in [1.54, 1.807) is 0 Å². The van der Waals surface area contributed by atoms with Gasteiger partial charge >= 0.3 is 0 Å². The molecule has 0 radical (unpaired) electrons. The SMILES string of the molecule is N#Cc1ccc(-c2cccc(-c3cccc(-c4ccc5c(c4)c4cccc6c4n5-c4ccccc4S6)c3)c2)cc1. The van der Waals surface area contributed by atoms with Crippen LogP contribution in [0.2, 0.25) is 0 Å². The Morgan fingerprint density at radius 1 is 0.500 bits per heavy atom. The lowest BCUT2D eigenvalue weighted by Crippen LogP contribution is -2.00. The summed E-state index contributed by atoms with van der Waals surface area (Å²) in [6, 6.07) is 49.6. The fourth-order valence-electron chi connectivity index (χ4n) is 5.89. The van der Waals surface area contributed by atoms with Crippen molar-refractivity contribution in [2.75, 3.05) is 0 Å². The smallest absolute Gasteiger partial charge is 0.0991 e. The summed E-state index contributed by atoms with van der Waals surface area (Å²) in [7, 11) is 0. The number of nitriles is 1. The van der Waals surface area contributed by atoms with Crippen LogP contribution < -0.4 is 0 Å². The highest BCUT2D eigenvalue weighted by Gasteiger charge is 2.22. The first kappa shape index (κ1) is 22.9. The van der Waals surface area contributed by atoms with Gasteiger partial charge in [-0.3, -0.25) is 0 Å². The Balaban J connectivity index is 1.23. The molecule has 0 atom stereocenters. The zero-order valence-electron chi connectivity index (χ0n) is 21.5. The lowest BCUT2D eigenvalue weighted by molar-refractivity contribution is 1.09. The topological polar surface area (TPSA) is 28.7 Å². The van der Waals surface area contributed by atoms with Gasteiger partial charge in [0.15, 0.2) is 0 Å². The van der Waals surface area contributed by atoms with E-state index in [0.29, 0.717) is 5.56 Å². The van der Waals surface area contributed by atoms with E-state index in [9.17, 15) is 0 Å². The van der Waals surface area contributed by atoms with Crippen molar-refractivity contribution in [2.45, 2.75) is 9.79 Å². The van der Waals surface area contributed by atoms with Gasteiger partial charge in [-0.25, -0.2) is 0 Å². The molecule has 8 rings (SSSR count). The maximum atomic E-state index is 9.14. The normalized spacial score (nSPS) is 11.9. The molecule has 3 heteroatoms. The van der Waals surface area contributed by atoms with Crippen molar-refractivity contribution in [1.29, 1.82) is 5.26 Å². The quantitative estimate of drug-likeness (QED) is 0.229. The zero-order valence-corrected chi connectivity index (χ0v) is 22.3. The molecule has 0 amide bonds. The van der Waals surface area contributed by atoms with Gasteiger partial charge in [0.1, 0.15) is 0 Å². The van der Waals surface area contributed by atoms with Gasteiger partial charge in [0, 0.05) is 20.6 Å². The van der Waals surface area contributed by atoms with E-state index in [1.165, 1.54) is 59.5 Å². The highest BCUT2D eigenvalue weighted by Crippen LogP contribution is 2.47. The maximum Gasteiger partial charge on any atom is 0.0991 e. The monoisotopic (exact) mass is 526 g/mol. The second-order valence-corrected chi connectivity index (χ2v) is 11.2. The molecule has 40 heavy (non-hydrogen) atoms.